The van der Waals surface area contributed by atoms with Crippen LogP contribution in [0.4, 0.5) is 0 Å². The van der Waals surface area contributed by atoms with Gasteiger partial charge in [0.25, 0.3) is 5.91 Å². The van der Waals surface area contributed by atoms with Gasteiger partial charge in [-0.05, 0) is 36.3 Å². The first kappa shape index (κ1) is 16.5. The van der Waals surface area contributed by atoms with Gasteiger partial charge in [-0.3, -0.25) is 4.79 Å². The average molecular weight is 311 g/mol. The van der Waals surface area contributed by atoms with Gasteiger partial charge in [-0.25, -0.2) is 0 Å². The van der Waals surface area contributed by atoms with Crippen molar-refractivity contribution in [1.29, 1.82) is 0 Å². The van der Waals surface area contributed by atoms with Crippen LogP contribution >= 0.6 is 11.3 Å². The quantitative estimate of drug-likeness (QED) is 0.814. The molecule has 0 fully saturated rings. The third-order valence-corrected chi connectivity index (χ3v) is 5.85. The predicted molar refractivity (Wildman–Crippen MR) is 84.7 cm³/mol. The zero-order valence-electron chi connectivity index (χ0n) is 12.9. The lowest BCUT2D eigenvalue weighted by Crippen LogP contribution is -2.37. The summed E-state index contributed by atoms with van der Waals surface area (Å²) in [5.74, 6) is -0.00128. The van der Waals surface area contributed by atoms with Crippen molar-refractivity contribution in [2.45, 2.75) is 46.1 Å². The van der Waals surface area contributed by atoms with Crippen LogP contribution < -0.4 is 5.32 Å². The van der Waals surface area contributed by atoms with Crippen LogP contribution in [0.1, 0.15) is 53.2 Å². The van der Waals surface area contributed by atoms with Gasteiger partial charge in [0.2, 0.25) is 0 Å². The Morgan fingerprint density at radius 1 is 1.48 bits per heavy atom. The maximum absolute atomic E-state index is 12.3. The Hall–Kier alpha value is -0.910. The first-order valence-electron chi connectivity index (χ1n) is 7.72. The number of amides is 1. The maximum atomic E-state index is 12.3. The Bertz CT molecular complexity index is 456. The van der Waals surface area contributed by atoms with E-state index in [0.717, 1.165) is 42.7 Å². The van der Waals surface area contributed by atoms with Crippen molar-refractivity contribution >= 4 is 17.2 Å². The van der Waals surface area contributed by atoms with Crippen LogP contribution in [-0.2, 0) is 17.8 Å². The van der Waals surface area contributed by atoms with Gasteiger partial charge in [0, 0.05) is 24.4 Å². The summed E-state index contributed by atoms with van der Waals surface area (Å²) < 4.78 is 5.42. The Labute approximate surface area is 130 Å². The zero-order chi connectivity index (χ0) is 15.3. The number of aliphatic hydroxyl groups is 1. The Balaban J connectivity index is 1.99. The fourth-order valence-corrected chi connectivity index (χ4v) is 3.86. The molecule has 0 saturated carbocycles. The Morgan fingerprint density at radius 2 is 2.24 bits per heavy atom. The monoisotopic (exact) mass is 311 g/mol. The van der Waals surface area contributed by atoms with Crippen molar-refractivity contribution in [1.82, 2.24) is 5.32 Å². The third-order valence-electron chi connectivity index (χ3n) is 4.62. The molecule has 1 aliphatic heterocycles. The smallest absolute Gasteiger partial charge is 0.261 e. The molecule has 0 spiro atoms. The van der Waals surface area contributed by atoms with Gasteiger partial charge >= 0.3 is 0 Å². The molecule has 1 amide bonds. The van der Waals surface area contributed by atoms with Crippen molar-refractivity contribution in [3.05, 3.63) is 21.4 Å². The van der Waals surface area contributed by atoms with Crippen LogP contribution in [-0.4, -0.2) is 30.8 Å². The summed E-state index contributed by atoms with van der Waals surface area (Å²) in [6, 6.07) is 1.96. The number of hydrogen-bond acceptors (Lipinski definition) is 4. The van der Waals surface area contributed by atoms with E-state index in [0.29, 0.717) is 13.2 Å². The second kappa shape index (κ2) is 7.38. The summed E-state index contributed by atoms with van der Waals surface area (Å²) in [5.41, 5.74) is 1.16. The molecule has 4 nitrogen and oxygen atoms in total. The number of hydrogen-bond donors (Lipinski definition) is 2. The molecular weight excluding hydrogens is 286 g/mol. The molecule has 0 bridgehead atoms. The van der Waals surface area contributed by atoms with Gasteiger partial charge in [0.1, 0.15) is 0 Å². The lowest BCUT2D eigenvalue weighted by atomic mass is 9.79. The van der Waals surface area contributed by atoms with E-state index in [4.69, 9.17) is 4.74 Å². The van der Waals surface area contributed by atoms with E-state index in [2.05, 4.69) is 19.2 Å². The van der Waals surface area contributed by atoms with E-state index in [9.17, 15) is 9.90 Å². The highest BCUT2D eigenvalue weighted by atomic mass is 32.1. The number of ether oxygens (including phenoxy) is 1. The van der Waals surface area contributed by atoms with Gasteiger partial charge < -0.3 is 15.2 Å². The topological polar surface area (TPSA) is 58.6 Å². The van der Waals surface area contributed by atoms with Crippen LogP contribution in [0.15, 0.2) is 6.07 Å². The van der Waals surface area contributed by atoms with Crippen LogP contribution in [0.5, 0.6) is 0 Å². The maximum Gasteiger partial charge on any atom is 0.261 e. The molecule has 0 saturated heterocycles. The Kier molecular flexibility index (Phi) is 5.79. The molecule has 0 unspecified atom stereocenters. The van der Waals surface area contributed by atoms with E-state index >= 15 is 0 Å². The van der Waals surface area contributed by atoms with E-state index in [1.54, 1.807) is 11.3 Å². The van der Waals surface area contributed by atoms with Crippen LogP contribution in [0.2, 0.25) is 0 Å². The fourth-order valence-electron chi connectivity index (χ4n) is 2.79. The Morgan fingerprint density at radius 3 is 2.86 bits per heavy atom. The van der Waals surface area contributed by atoms with Crippen molar-refractivity contribution in [3.63, 3.8) is 0 Å². The molecule has 1 aromatic heterocycles. The van der Waals surface area contributed by atoms with E-state index < -0.39 is 0 Å². The van der Waals surface area contributed by atoms with E-state index in [1.807, 2.05) is 6.07 Å². The molecule has 2 heterocycles. The number of carbonyl (C=O) groups excluding carboxylic acids is 1. The van der Waals surface area contributed by atoms with Crippen LogP contribution in [0.25, 0.3) is 0 Å². The van der Waals surface area contributed by atoms with Crippen molar-refractivity contribution < 1.29 is 14.6 Å². The number of fused-ring (bicyclic) bond motifs is 1. The molecule has 2 N–H and O–H groups in total. The number of nitrogens with one attached hydrogen (secondary N) is 1. The molecule has 2 rings (SSSR count). The summed E-state index contributed by atoms with van der Waals surface area (Å²) in [6.45, 7) is 6.40. The largest absolute Gasteiger partial charge is 0.396 e. The number of thiophene rings is 1. The molecule has 0 radical (unpaired) electrons. The highest BCUT2D eigenvalue weighted by Gasteiger charge is 2.27. The van der Waals surface area contributed by atoms with Crippen molar-refractivity contribution in [2.75, 3.05) is 19.8 Å². The summed E-state index contributed by atoms with van der Waals surface area (Å²) in [7, 11) is 0. The summed E-state index contributed by atoms with van der Waals surface area (Å²) in [4.78, 5) is 14.4. The predicted octanol–water partition coefficient (Wildman–Crippen LogP) is 2.74. The minimum absolute atomic E-state index is 0.00128. The first-order chi connectivity index (χ1) is 10.1. The molecule has 1 aliphatic rings. The van der Waals surface area contributed by atoms with Gasteiger partial charge in [-0.2, -0.15) is 0 Å². The second-order valence-electron chi connectivity index (χ2n) is 5.73. The molecule has 1 aromatic rings. The van der Waals surface area contributed by atoms with Gasteiger partial charge in [-0.15, -0.1) is 11.3 Å². The van der Waals surface area contributed by atoms with Crippen molar-refractivity contribution in [2.24, 2.45) is 5.41 Å². The number of carbonyl (C=O) groups is 1. The summed E-state index contributed by atoms with van der Waals surface area (Å²) >= 11 is 1.58. The lowest BCUT2D eigenvalue weighted by Gasteiger charge is -2.31. The third kappa shape index (κ3) is 3.84. The molecular formula is C16H25NO3S. The molecule has 5 heteroatoms. The fraction of sp³-hybridized carbons (Fsp3) is 0.688. The molecule has 0 atom stereocenters. The molecule has 21 heavy (non-hydrogen) atoms. The highest BCUT2D eigenvalue weighted by Crippen LogP contribution is 2.30. The number of rotatable bonds is 7. The zero-order valence-corrected chi connectivity index (χ0v) is 13.7. The average Bonchev–Trinajstić information content (AvgIpc) is 2.95. The SMILES string of the molecule is CCC(CC)(CCO)CNC(=O)c1cc2c(s1)CCOC2. The van der Waals surface area contributed by atoms with E-state index in [-0.39, 0.29) is 17.9 Å². The normalized spacial score (nSPS) is 14.8. The van der Waals surface area contributed by atoms with Gasteiger partial charge in [-0.1, -0.05) is 13.8 Å². The molecule has 118 valence electrons. The number of aliphatic hydroxyl groups excluding tert-OH is 1. The molecule has 0 aliphatic carbocycles. The van der Waals surface area contributed by atoms with Crippen LogP contribution in [0.3, 0.4) is 0 Å². The first-order valence-corrected chi connectivity index (χ1v) is 8.54. The summed E-state index contributed by atoms with van der Waals surface area (Å²) in [5, 5.41) is 12.3. The lowest BCUT2D eigenvalue weighted by molar-refractivity contribution is 0.0911. The van der Waals surface area contributed by atoms with Crippen molar-refractivity contribution in [3.8, 4) is 0 Å². The van der Waals surface area contributed by atoms with E-state index in [1.165, 1.54) is 4.88 Å². The standard InChI is InChI=1S/C16H25NO3S/c1-3-16(4-2,6-7-18)11-17-15(19)14-9-12-10-20-8-5-13(12)21-14/h9,18H,3-8,10-11H2,1-2H3,(H,17,19). The second-order valence-corrected chi connectivity index (χ2v) is 6.86. The summed E-state index contributed by atoms with van der Waals surface area (Å²) in [6.07, 6.45) is 3.55. The van der Waals surface area contributed by atoms with Gasteiger partial charge in [0.05, 0.1) is 18.1 Å². The van der Waals surface area contributed by atoms with Gasteiger partial charge in [0.15, 0.2) is 0 Å². The minimum atomic E-state index is -0.00128. The molecule has 0 aromatic carbocycles. The highest BCUT2D eigenvalue weighted by molar-refractivity contribution is 7.14. The van der Waals surface area contributed by atoms with Crippen LogP contribution in [0, 0.1) is 5.41 Å². The minimum Gasteiger partial charge on any atom is -0.396 e.